The molecule has 15 N–H and O–H groups in total. The Morgan fingerprint density at radius 3 is 1.97 bits per heavy atom. The molecule has 1 aliphatic heterocycles. The lowest BCUT2D eigenvalue weighted by Gasteiger charge is -2.34. The number of aliphatic hydroxyl groups is 2. The zero-order chi connectivity index (χ0) is 53.2. The molecule has 1 aliphatic rings. The number of H-pyrrole nitrogens is 1. The Morgan fingerprint density at radius 2 is 1.34 bits per heavy atom. The number of nitrogens with zero attached hydrogens (tertiary/aromatic N) is 1. The first-order valence-electron chi connectivity index (χ1n) is 24.0. The summed E-state index contributed by atoms with van der Waals surface area (Å²) in [5.41, 5.74) is 20.5. The number of nitrogens with two attached hydrogens (primary N) is 3. The van der Waals surface area contributed by atoms with E-state index in [1.165, 1.54) is 20.9 Å². The molecule has 1 saturated heterocycles. The number of rotatable bonds is 17. The second kappa shape index (κ2) is 28.1. The summed E-state index contributed by atoms with van der Waals surface area (Å²) in [5, 5.41) is 38.2. The molecule has 0 aliphatic carbocycles. The molecule has 4 aromatic rings. The number of fused-ring (bicyclic) bond motifs is 1. The maximum atomic E-state index is 14.8. The van der Waals surface area contributed by atoms with Crippen LogP contribution < -0.4 is 49.1 Å². The van der Waals surface area contributed by atoms with Gasteiger partial charge in [0, 0.05) is 48.5 Å². The molecule has 0 radical (unpaired) electrons. The van der Waals surface area contributed by atoms with Crippen LogP contribution in [0.2, 0.25) is 0 Å². The number of unbranched alkanes of at least 4 members (excludes halogenated alkanes) is 1. The van der Waals surface area contributed by atoms with E-state index in [0.717, 1.165) is 43.0 Å². The number of nitrogens with one attached hydrogen (secondary N) is 7. The molecule has 0 unspecified atom stereocenters. The summed E-state index contributed by atoms with van der Waals surface area (Å²) in [6.07, 6.45) is -0.513. The van der Waals surface area contributed by atoms with E-state index in [1.807, 2.05) is 30.3 Å². The molecule has 23 heteroatoms. The van der Waals surface area contributed by atoms with Gasteiger partial charge in [-0.15, -0.1) is 0 Å². The molecule has 2 heterocycles. The third-order valence-corrected chi connectivity index (χ3v) is 14.7. The smallest absolute Gasteiger partial charge is 0.246 e. The van der Waals surface area contributed by atoms with E-state index in [4.69, 9.17) is 17.2 Å². The number of primary amides is 1. The maximum absolute atomic E-state index is 14.8. The third kappa shape index (κ3) is 16.8. The minimum absolute atomic E-state index is 0.0234. The second-order valence-electron chi connectivity index (χ2n) is 18.0. The molecule has 8 amide bonds. The topological polar surface area (TPSA) is 346 Å². The minimum Gasteiger partial charge on any atom is -0.391 e. The Morgan fingerprint density at radius 1 is 0.753 bits per heavy atom. The monoisotopic (exact) mass is 1050 g/mol. The second-order valence-corrected chi connectivity index (χ2v) is 20.5. The first-order valence-corrected chi connectivity index (χ1v) is 26.4. The summed E-state index contributed by atoms with van der Waals surface area (Å²) in [4.78, 5) is 117. The lowest BCUT2D eigenvalue weighted by Crippen LogP contribution is -2.63. The summed E-state index contributed by atoms with van der Waals surface area (Å²) in [5.74, 6) is -7.35. The highest BCUT2D eigenvalue weighted by molar-refractivity contribution is 8.76. The van der Waals surface area contributed by atoms with E-state index in [1.54, 1.807) is 60.8 Å². The van der Waals surface area contributed by atoms with E-state index >= 15 is 0 Å². The van der Waals surface area contributed by atoms with Gasteiger partial charge in [0.1, 0.15) is 42.3 Å². The Balaban J connectivity index is 1.59. The van der Waals surface area contributed by atoms with E-state index < -0.39 is 108 Å². The van der Waals surface area contributed by atoms with Crippen LogP contribution in [0.1, 0.15) is 49.8 Å². The van der Waals surface area contributed by atoms with Crippen molar-refractivity contribution in [1.29, 1.82) is 0 Å². The summed E-state index contributed by atoms with van der Waals surface area (Å²) in [6, 6.07) is 13.9. The van der Waals surface area contributed by atoms with Gasteiger partial charge in [-0.05, 0) is 68.8 Å². The largest absolute Gasteiger partial charge is 0.391 e. The zero-order valence-corrected chi connectivity index (χ0v) is 42.6. The van der Waals surface area contributed by atoms with Crippen molar-refractivity contribution in [2.75, 3.05) is 25.1 Å². The van der Waals surface area contributed by atoms with E-state index in [-0.39, 0.29) is 43.7 Å². The lowest BCUT2D eigenvalue weighted by atomic mass is 10.0. The standard InChI is InChI=1S/C50H67N11O10S2/c1-28(62)41(43(53)64)60-48(69)40-27-73-72-26-39(58-44(65)34(52)22-30-14-6-4-7-15-30)47(68)56-37(23-31-16-8-5-9-17-31)45(66)57-38(24-32-25-54-35-19-11-10-18-33(32)35)46(67)55-36(20-12-13-21-51)50(71)61(3)42(29(2)63)49(70)59-40/h4-11,14-19,25,28-29,34,36-42,54,62-63H,12-13,20-24,26-27,51-52H2,1-3H3,(H2,53,64)(H,55,67)(H,56,68)(H,57,66)(H,58,65)(H,59,70)(H,60,69)/t28-,29-,34-,36+,37+,38-,39+,40+,41+,42+/m1/s1. The van der Waals surface area contributed by atoms with Gasteiger partial charge in [-0.1, -0.05) is 100 Å². The highest BCUT2D eigenvalue weighted by Crippen LogP contribution is 2.25. The van der Waals surface area contributed by atoms with Crippen molar-refractivity contribution in [1.82, 2.24) is 41.8 Å². The highest BCUT2D eigenvalue weighted by atomic mass is 33.1. The fourth-order valence-electron chi connectivity index (χ4n) is 8.24. The molecule has 394 valence electrons. The third-order valence-electron chi connectivity index (χ3n) is 12.2. The Hall–Kier alpha value is -6.50. The average molecular weight is 1050 g/mol. The van der Waals surface area contributed by atoms with Crippen LogP contribution >= 0.6 is 21.6 Å². The van der Waals surface area contributed by atoms with Crippen LogP contribution in [-0.2, 0) is 57.6 Å². The molecule has 0 saturated carbocycles. The maximum Gasteiger partial charge on any atom is 0.246 e. The molecule has 73 heavy (non-hydrogen) atoms. The van der Waals surface area contributed by atoms with Crippen LogP contribution in [0.25, 0.3) is 10.9 Å². The number of para-hydroxylation sites is 1. The van der Waals surface area contributed by atoms with Gasteiger partial charge >= 0.3 is 0 Å². The van der Waals surface area contributed by atoms with Crippen LogP contribution in [0.4, 0.5) is 0 Å². The summed E-state index contributed by atoms with van der Waals surface area (Å²) in [7, 11) is 3.23. The summed E-state index contributed by atoms with van der Waals surface area (Å²) in [6.45, 7) is 2.74. The molecule has 0 bridgehead atoms. The van der Waals surface area contributed by atoms with Crippen LogP contribution in [0.3, 0.4) is 0 Å². The van der Waals surface area contributed by atoms with Gasteiger partial charge in [-0.3, -0.25) is 38.4 Å². The van der Waals surface area contributed by atoms with Crippen LogP contribution in [0.5, 0.6) is 0 Å². The SMILES string of the molecule is C[C@@H](O)[C@H](NC(=O)[C@@H]1CSSC[C@H](NC(=O)[C@H](N)Cc2ccccc2)C(=O)N[C@@H](Cc2ccccc2)C(=O)N[C@H](Cc2c[nH]c3ccccc23)C(=O)N[C@@H](CCCCN)C(=O)N(C)[C@@H]([C@@H](C)O)C(=O)N1)C(N)=O. The van der Waals surface area contributed by atoms with Gasteiger partial charge in [0.25, 0.3) is 0 Å². The molecular weight excluding hydrogens is 979 g/mol. The van der Waals surface area contributed by atoms with Crippen molar-refractivity contribution in [3.8, 4) is 0 Å². The van der Waals surface area contributed by atoms with Gasteiger partial charge in [0.15, 0.2) is 0 Å². The number of likely N-dealkylation sites (N-methyl/N-ethyl adjacent to an activating group) is 1. The molecule has 3 aromatic carbocycles. The fraction of sp³-hybridized carbons (Fsp3) is 0.440. The predicted molar refractivity (Wildman–Crippen MR) is 279 cm³/mol. The Bertz CT molecular complexity index is 2520. The van der Waals surface area contributed by atoms with Crippen LogP contribution in [0.15, 0.2) is 91.1 Å². The van der Waals surface area contributed by atoms with E-state index in [9.17, 15) is 48.6 Å². The number of carbonyl (C=O) groups is 8. The number of benzene rings is 3. The Labute approximate surface area is 431 Å². The summed E-state index contributed by atoms with van der Waals surface area (Å²) >= 11 is 0. The van der Waals surface area contributed by atoms with Crippen molar-refractivity contribution in [2.45, 2.75) is 113 Å². The Kier molecular flexibility index (Phi) is 22.1. The number of carbonyl (C=O) groups excluding carboxylic acids is 8. The molecule has 10 atom stereocenters. The van der Waals surface area contributed by atoms with Crippen molar-refractivity contribution in [2.24, 2.45) is 17.2 Å². The van der Waals surface area contributed by atoms with Gasteiger partial charge in [0.2, 0.25) is 47.3 Å². The first kappa shape index (κ1) is 57.4. The first-order chi connectivity index (χ1) is 34.9. The highest BCUT2D eigenvalue weighted by Gasteiger charge is 2.39. The minimum atomic E-state index is -1.66. The predicted octanol–water partition coefficient (Wildman–Crippen LogP) is -0.970. The normalized spacial score (nSPS) is 22.6. The molecule has 0 spiro atoms. The quantitative estimate of drug-likeness (QED) is 0.0448. The van der Waals surface area contributed by atoms with Crippen molar-refractivity contribution < 1.29 is 48.6 Å². The number of aromatic amines is 1. The number of hydrogen-bond donors (Lipinski definition) is 12. The number of aromatic nitrogens is 1. The zero-order valence-electron chi connectivity index (χ0n) is 41.0. The number of hydrogen-bond acceptors (Lipinski definition) is 14. The van der Waals surface area contributed by atoms with Crippen molar-refractivity contribution in [3.05, 3.63) is 108 Å². The number of amides is 8. The lowest BCUT2D eigenvalue weighted by molar-refractivity contribution is -0.146. The van der Waals surface area contributed by atoms with Gasteiger partial charge in [-0.25, -0.2) is 0 Å². The van der Waals surface area contributed by atoms with Crippen LogP contribution in [0, 0.1) is 0 Å². The van der Waals surface area contributed by atoms with E-state index in [0.29, 0.717) is 24.0 Å². The average Bonchev–Trinajstić information content (AvgIpc) is 3.77. The van der Waals surface area contributed by atoms with E-state index in [2.05, 4.69) is 36.9 Å². The summed E-state index contributed by atoms with van der Waals surface area (Å²) < 4.78 is 0. The fourth-order valence-corrected chi connectivity index (χ4v) is 10.6. The van der Waals surface area contributed by atoms with Gasteiger partial charge in [0.05, 0.1) is 18.2 Å². The molecule has 5 rings (SSSR count). The van der Waals surface area contributed by atoms with Crippen molar-refractivity contribution in [3.63, 3.8) is 0 Å². The molecule has 1 aromatic heterocycles. The number of aliphatic hydroxyl groups excluding tert-OH is 2. The molecule has 21 nitrogen and oxygen atoms in total. The van der Waals surface area contributed by atoms with Crippen molar-refractivity contribution >= 4 is 79.7 Å². The van der Waals surface area contributed by atoms with Gasteiger partial charge < -0.3 is 69.2 Å². The van der Waals surface area contributed by atoms with Crippen LogP contribution in [-0.4, -0.2) is 153 Å². The van der Waals surface area contributed by atoms with Gasteiger partial charge in [-0.2, -0.15) is 0 Å². The molecular formula is C50H67N11O10S2. The molecule has 1 fully saturated rings.